The zero-order chi connectivity index (χ0) is 19.8. The predicted octanol–water partition coefficient (Wildman–Crippen LogP) is 4.43. The molecule has 0 amide bonds. The van der Waals surface area contributed by atoms with Crippen LogP contribution in [-0.4, -0.2) is 27.8 Å². The molecule has 0 N–H and O–H groups in total. The van der Waals surface area contributed by atoms with Crippen LogP contribution >= 0.6 is 11.8 Å². The van der Waals surface area contributed by atoms with Crippen LogP contribution < -0.4 is 9.47 Å². The van der Waals surface area contributed by atoms with Gasteiger partial charge in [0.15, 0.2) is 17.3 Å². The van der Waals surface area contributed by atoms with E-state index in [1.54, 1.807) is 0 Å². The van der Waals surface area contributed by atoms with Crippen LogP contribution in [-0.2, 0) is 12.8 Å². The molecule has 2 aliphatic rings. The molecule has 0 spiro atoms. The number of nitrogens with zero attached hydrogens (tertiary/aromatic N) is 2. The number of benzene rings is 2. The van der Waals surface area contributed by atoms with Gasteiger partial charge in [-0.05, 0) is 55.5 Å². The highest BCUT2D eigenvalue weighted by atomic mass is 32.2. The van der Waals surface area contributed by atoms with Gasteiger partial charge in [-0.15, -0.1) is 10.2 Å². The monoisotopic (exact) mass is 408 g/mol. The number of aromatic nitrogens is 2. The van der Waals surface area contributed by atoms with E-state index in [0.717, 1.165) is 18.4 Å². The van der Waals surface area contributed by atoms with Gasteiger partial charge in [0.05, 0.1) is 5.25 Å². The summed E-state index contributed by atoms with van der Waals surface area (Å²) < 4.78 is 17.4. The average Bonchev–Trinajstić information content (AvgIpc) is 3.41. The first-order chi connectivity index (χ1) is 14.2. The van der Waals surface area contributed by atoms with Crippen molar-refractivity contribution in [3.05, 3.63) is 65.0 Å². The Balaban J connectivity index is 1.26. The number of Topliss-reactive ketones (excluding diaryl/α,β-unsaturated/α-hetero) is 1. The van der Waals surface area contributed by atoms with E-state index in [0.29, 0.717) is 29.2 Å². The molecule has 1 aliphatic carbocycles. The average molecular weight is 408 g/mol. The molecule has 0 saturated carbocycles. The second-order valence-corrected chi connectivity index (χ2v) is 8.52. The van der Waals surface area contributed by atoms with Gasteiger partial charge < -0.3 is 13.9 Å². The van der Waals surface area contributed by atoms with Crippen molar-refractivity contribution in [3.8, 4) is 11.5 Å². The Bertz CT molecular complexity index is 1060. The molecule has 2 heterocycles. The summed E-state index contributed by atoms with van der Waals surface area (Å²) in [5.74, 6) is 1.76. The molecule has 0 fully saturated rings. The lowest BCUT2D eigenvalue weighted by atomic mass is 10.0. The fourth-order valence-electron chi connectivity index (χ4n) is 3.70. The van der Waals surface area contributed by atoms with E-state index in [1.165, 1.54) is 29.3 Å². The molecule has 0 saturated heterocycles. The third kappa shape index (κ3) is 3.62. The Hall–Kier alpha value is -2.80. The fraction of sp³-hybridized carbons (Fsp3) is 0.318. The van der Waals surface area contributed by atoms with Gasteiger partial charge in [0.1, 0.15) is 6.61 Å². The number of hydrogen-bond donors (Lipinski definition) is 0. The van der Waals surface area contributed by atoms with E-state index >= 15 is 0 Å². The van der Waals surface area contributed by atoms with Crippen molar-refractivity contribution in [2.75, 3.05) is 6.61 Å². The summed E-state index contributed by atoms with van der Waals surface area (Å²) in [6.45, 7) is 2.16. The van der Waals surface area contributed by atoms with Gasteiger partial charge in [-0.25, -0.2) is 0 Å². The molecule has 2 atom stereocenters. The SMILES string of the molecule is CC(Sc1nnc(C2COc3ccccc3O2)o1)C(=O)c1ccc2c(c1)CCC2. The largest absolute Gasteiger partial charge is 0.485 e. The molecule has 29 heavy (non-hydrogen) atoms. The van der Waals surface area contributed by atoms with E-state index in [-0.39, 0.29) is 11.0 Å². The number of rotatable bonds is 5. The Labute approximate surface area is 172 Å². The van der Waals surface area contributed by atoms with Gasteiger partial charge in [-0.3, -0.25) is 4.79 Å². The maximum Gasteiger partial charge on any atom is 0.277 e. The summed E-state index contributed by atoms with van der Waals surface area (Å²) in [5, 5.41) is 8.20. The van der Waals surface area contributed by atoms with E-state index < -0.39 is 6.10 Å². The summed E-state index contributed by atoms with van der Waals surface area (Å²) in [4.78, 5) is 12.8. The third-order valence-corrected chi connectivity index (χ3v) is 6.17. The topological polar surface area (TPSA) is 74.5 Å². The molecule has 1 aliphatic heterocycles. The maximum absolute atomic E-state index is 12.8. The van der Waals surface area contributed by atoms with E-state index in [9.17, 15) is 4.79 Å². The van der Waals surface area contributed by atoms with Crippen LogP contribution in [0.15, 0.2) is 52.1 Å². The van der Waals surface area contributed by atoms with Crippen LogP contribution in [0.25, 0.3) is 0 Å². The van der Waals surface area contributed by atoms with E-state index in [4.69, 9.17) is 13.9 Å². The van der Waals surface area contributed by atoms with Crippen molar-refractivity contribution in [2.24, 2.45) is 0 Å². The molecule has 2 unspecified atom stereocenters. The van der Waals surface area contributed by atoms with Crippen LogP contribution in [0.3, 0.4) is 0 Å². The second kappa shape index (κ2) is 7.55. The Morgan fingerprint density at radius 2 is 1.93 bits per heavy atom. The molecule has 6 nitrogen and oxygen atoms in total. The Morgan fingerprint density at radius 3 is 2.83 bits per heavy atom. The maximum atomic E-state index is 12.8. The molecule has 0 radical (unpaired) electrons. The molecule has 1 aromatic heterocycles. The molecule has 2 aromatic carbocycles. The number of aryl methyl sites for hydroxylation is 2. The molecule has 5 rings (SSSR count). The van der Waals surface area contributed by atoms with Gasteiger partial charge >= 0.3 is 0 Å². The summed E-state index contributed by atoms with van der Waals surface area (Å²) in [5.41, 5.74) is 3.40. The molecule has 148 valence electrons. The summed E-state index contributed by atoms with van der Waals surface area (Å²) in [6.07, 6.45) is 2.86. The number of carbonyl (C=O) groups excluding carboxylic acids is 1. The number of para-hydroxylation sites is 2. The smallest absolute Gasteiger partial charge is 0.277 e. The number of hydrogen-bond acceptors (Lipinski definition) is 7. The van der Waals surface area contributed by atoms with E-state index in [1.807, 2.05) is 43.3 Å². The van der Waals surface area contributed by atoms with Gasteiger partial charge in [-0.2, -0.15) is 0 Å². The quantitative estimate of drug-likeness (QED) is 0.456. The third-order valence-electron chi connectivity index (χ3n) is 5.24. The number of ether oxygens (including phenoxy) is 2. The van der Waals surface area contributed by atoms with Crippen LogP contribution in [0.5, 0.6) is 11.5 Å². The van der Waals surface area contributed by atoms with Gasteiger partial charge in [0, 0.05) is 5.56 Å². The fourth-order valence-corrected chi connectivity index (χ4v) is 4.47. The van der Waals surface area contributed by atoms with Crippen LogP contribution in [0.1, 0.15) is 46.8 Å². The highest BCUT2D eigenvalue weighted by Gasteiger charge is 2.28. The number of ketones is 1. The zero-order valence-electron chi connectivity index (χ0n) is 16.0. The van der Waals surface area contributed by atoms with Crippen molar-refractivity contribution < 1.29 is 18.7 Å². The minimum atomic E-state index is -0.463. The lowest BCUT2D eigenvalue weighted by Gasteiger charge is -2.23. The van der Waals surface area contributed by atoms with Crippen LogP contribution in [0.4, 0.5) is 0 Å². The van der Waals surface area contributed by atoms with Crippen LogP contribution in [0, 0.1) is 0 Å². The zero-order valence-corrected chi connectivity index (χ0v) is 16.8. The Kier molecular flexibility index (Phi) is 4.75. The van der Waals surface area contributed by atoms with Crippen molar-refractivity contribution >= 4 is 17.5 Å². The molecule has 3 aromatic rings. The van der Waals surface area contributed by atoms with E-state index in [2.05, 4.69) is 16.3 Å². The first-order valence-electron chi connectivity index (χ1n) is 9.72. The van der Waals surface area contributed by atoms with Crippen molar-refractivity contribution in [1.29, 1.82) is 0 Å². The van der Waals surface area contributed by atoms with Crippen LogP contribution in [0.2, 0.25) is 0 Å². The number of carbonyl (C=O) groups is 1. The molecule has 7 heteroatoms. The highest BCUT2D eigenvalue weighted by Crippen LogP contribution is 2.36. The highest BCUT2D eigenvalue weighted by molar-refractivity contribution is 8.00. The molecular formula is C22H20N2O4S. The first kappa shape index (κ1) is 18.2. The minimum Gasteiger partial charge on any atom is -0.485 e. The molecule has 0 bridgehead atoms. The summed E-state index contributed by atoms with van der Waals surface area (Å²) in [6, 6.07) is 13.5. The lowest BCUT2D eigenvalue weighted by Crippen LogP contribution is -2.21. The first-order valence-corrected chi connectivity index (χ1v) is 10.6. The van der Waals surface area contributed by atoms with Crippen molar-refractivity contribution in [3.63, 3.8) is 0 Å². The number of thioether (sulfide) groups is 1. The second-order valence-electron chi connectivity index (χ2n) is 7.23. The van der Waals surface area contributed by atoms with Gasteiger partial charge in [-0.1, -0.05) is 36.0 Å². The Morgan fingerprint density at radius 1 is 1.10 bits per heavy atom. The minimum absolute atomic E-state index is 0.0654. The standard InChI is InChI=1S/C22H20N2O4S/c1-13(20(25)16-10-9-14-5-4-6-15(14)11-16)29-22-24-23-21(28-22)19-12-26-17-7-2-3-8-18(17)27-19/h2-3,7-11,13,19H,4-6,12H2,1H3. The lowest BCUT2D eigenvalue weighted by molar-refractivity contribution is 0.0686. The number of fused-ring (bicyclic) bond motifs is 2. The summed E-state index contributed by atoms with van der Waals surface area (Å²) >= 11 is 1.26. The van der Waals surface area contributed by atoms with Crippen molar-refractivity contribution in [1.82, 2.24) is 10.2 Å². The predicted molar refractivity (Wildman–Crippen MR) is 108 cm³/mol. The summed E-state index contributed by atoms with van der Waals surface area (Å²) in [7, 11) is 0. The van der Waals surface area contributed by atoms with Crippen molar-refractivity contribution in [2.45, 2.75) is 42.8 Å². The van der Waals surface area contributed by atoms with Gasteiger partial charge in [0.2, 0.25) is 6.10 Å². The molecular weight excluding hydrogens is 388 g/mol. The van der Waals surface area contributed by atoms with Gasteiger partial charge in [0.25, 0.3) is 11.1 Å². The normalized spacial score (nSPS) is 18.3.